The molecule has 152 valence electrons. The predicted octanol–water partition coefficient (Wildman–Crippen LogP) is 4.82. The number of halogens is 2. The molecule has 0 fully saturated rings. The first-order valence-corrected chi connectivity index (χ1v) is 9.02. The molecule has 0 radical (unpaired) electrons. The lowest BCUT2D eigenvalue weighted by atomic mass is 9.95. The van der Waals surface area contributed by atoms with Crippen LogP contribution in [0.5, 0.6) is 17.2 Å². The van der Waals surface area contributed by atoms with Gasteiger partial charge in [-0.3, -0.25) is 4.79 Å². The van der Waals surface area contributed by atoms with Crippen molar-refractivity contribution in [3.05, 3.63) is 53.6 Å². The number of alkyl halides is 2. The first-order valence-electron chi connectivity index (χ1n) is 9.02. The van der Waals surface area contributed by atoms with Gasteiger partial charge in [0.25, 0.3) is 5.91 Å². The first kappa shape index (κ1) is 21.5. The molecule has 2 aromatic carbocycles. The Morgan fingerprint density at radius 2 is 1.75 bits per heavy atom. The van der Waals surface area contributed by atoms with Crippen LogP contribution in [0.1, 0.15) is 42.7 Å². The highest BCUT2D eigenvalue weighted by Crippen LogP contribution is 2.31. The highest BCUT2D eigenvalue weighted by atomic mass is 19.3. The van der Waals surface area contributed by atoms with Crippen molar-refractivity contribution in [3.8, 4) is 17.2 Å². The van der Waals surface area contributed by atoms with Crippen LogP contribution in [0.3, 0.4) is 0 Å². The van der Waals surface area contributed by atoms with Crippen LogP contribution in [0.15, 0.2) is 42.5 Å². The van der Waals surface area contributed by atoms with Crippen LogP contribution >= 0.6 is 0 Å². The minimum Gasteiger partial charge on any atom is -0.497 e. The van der Waals surface area contributed by atoms with Crippen LogP contribution in [0.2, 0.25) is 0 Å². The molecule has 1 unspecified atom stereocenters. The summed E-state index contributed by atoms with van der Waals surface area (Å²) in [4.78, 5) is 12.8. The fraction of sp³-hybridized carbons (Fsp3) is 0.381. The third-order valence-corrected chi connectivity index (χ3v) is 4.15. The van der Waals surface area contributed by atoms with E-state index in [-0.39, 0.29) is 36.0 Å². The molecule has 1 atom stereocenters. The molecule has 0 aromatic heterocycles. The van der Waals surface area contributed by atoms with E-state index in [2.05, 4.69) is 10.1 Å². The van der Waals surface area contributed by atoms with Gasteiger partial charge in [-0.25, -0.2) is 0 Å². The zero-order chi connectivity index (χ0) is 20.7. The molecule has 0 aliphatic heterocycles. The van der Waals surface area contributed by atoms with Crippen LogP contribution in [-0.2, 0) is 0 Å². The number of benzene rings is 2. The Balaban J connectivity index is 2.23. The Hall–Kier alpha value is -2.83. The molecule has 2 aromatic rings. The second kappa shape index (κ2) is 9.92. The van der Waals surface area contributed by atoms with Crippen molar-refractivity contribution in [2.45, 2.75) is 33.4 Å². The van der Waals surface area contributed by atoms with E-state index in [4.69, 9.17) is 9.47 Å². The summed E-state index contributed by atoms with van der Waals surface area (Å²) in [5.41, 5.74) is 1.23. The topological polar surface area (TPSA) is 56.8 Å². The molecule has 0 spiro atoms. The van der Waals surface area contributed by atoms with Crippen molar-refractivity contribution in [1.29, 1.82) is 0 Å². The molecular formula is C21H25F2NO4. The number of carbonyl (C=O) groups excluding carboxylic acids is 1. The van der Waals surface area contributed by atoms with Gasteiger partial charge >= 0.3 is 6.61 Å². The maximum Gasteiger partial charge on any atom is 0.387 e. The quantitative estimate of drug-likeness (QED) is 0.663. The Morgan fingerprint density at radius 1 is 1.07 bits per heavy atom. The fourth-order valence-corrected chi connectivity index (χ4v) is 2.78. The van der Waals surface area contributed by atoms with E-state index in [1.54, 1.807) is 14.0 Å². The lowest BCUT2D eigenvalue weighted by molar-refractivity contribution is -0.0514. The van der Waals surface area contributed by atoms with Gasteiger partial charge in [-0.05, 0) is 48.7 Å². The molecule has 1 amide bonds. The number of methoxy groups -OCH3 is 1. The molecule has 0 heterocycles. The van der Waals surface area contributed by atoms with Crippen LogP contribution in [0, 0.1) is 5.92 Å². The summed E-state index contributed by atoms with van der Waals surface area (Å²) in [6, 6.07) is 11.4. The maximum absolute atomic E-state index is 12.8. The molecule has 5 nitrogen and oxygen atoms in total. The van der Waals surface area contributed by atoms with Gasteiger partial charge in [-0.15, -0.1) is 0 Å². The van der Waals surface area contributed by atoms with Gasteiger partial charge in [0.05, 0.1) is 19.8 Å². The van der Waals surface area contributed by atoms with E-state index >= 15 is 0 Å². The van der Waals surface area contributed by atoms with Gasteiger partial charge in [0.1, 0.15) is 5.75 Å². The van der Waals surface area contributed by atoms with E-state index in [1.807, 2.05) is 38.1 Å². The minimum absolute atomic E-state index is 0.0981. The van der Waals surface area contributed by atoms with Gasteiger partial charge in [-0.2, -0.15) is 8.78 Å². The highest BCUT2D eigenvalue weighted by molar-refractivity contribution is 5.95. The van der Waals surface area contributed by atoms with E-state index in [9.17, 15) is 13.6 Å². The van der Waals surface area contributed by atoms with E-state index in [1.165, 1.54) is 18.2 Å². The third-order valence-electron chi connectivity index (χ3n) is 4.15. The van der Waals surface area contributed by atoms with Crippen molar-refractivity contribution in [2.75, 3.05) is 13.7 Å². The van der Waals surface area contributed by atoms with Crippen LogP contribution < -0.4 is 19.5 Å². The summed E-state index contributed by atoms with van der Waals surface area (Å²) >= 11 is 0. The standard InChI is InChI=1S/C21H25F2NO4/c1-5-27-18-12-15(8-11-17(18)28-21(22)23)20(25)24-19(13(2)3)14-6-9-16(26-4)10-7-14/h6-13,19,21H,5H2,1-4H3,(H,24,25). The number of hydrogen-bond donors (Lipinski definition) is 1. The van der Waals surface area contributed by atoms with Crippen molar-refractivity contribution >= 4 is 5.91 Å². The molecular weight excluding hydrogens is 368 g/mol. The Labute approximate surface area is 163 Å². The number of hydrogen-bond acceptors (Lipinski definition) is 4. The molecule has 28 heavy (non-hydrogen) atoms. The second-order valence-electron chi connectivity index (χ2n) is 6.44. The maximum atomic E-state index is 12.8. The highest BCUT2D eigenvalue weighted by Gasteiger charge is 2.21. The second-order valence-corrected chi connectivity index (χ2v) is 6.44. The Morgan fingerprint density at radius 3 is 2.29 bits per heavy atom. The lowest BCUT2D eigenvalue weighted by Gasteiger charge is -2.23. The molecule has 1 N–H and O–H groups in total. The zero-order valence-electron chi connectivity index (χ0n) is 16.4. The van der Waals surface area contributed by atoms with Crippen LogP contribution in [-0.4, -0.2) is 26.2 Å². The minimum atomic E-state index is -2.97. The first-order chi connectivity index (χ1) is 13.3. The predicted molar refractivity (Wildman–Crippen MR) is 102 cm³/mol. The summed E-state index contributed by atoms with van der Waals surface area (Å²) in [7, 11) is 1.59. The largest absolute Gasteiger partial charge is 0.497 e. The van der Waals surface area contributed by atoms with Gasteiger partial charge in [0, 0.05) is 5.56 Å². The SMILES string of the molecule is CCOc1cc(C(=O)NC(c2ccc(OC)cc2)C(C)C)ccc1OC(F)F. The van der Waals surface area contributed by atoms with Crippen molar-refractivity contribution in [2.24, 2.45) is 5.92 Å². The summed E-state index contributed by atoms with van der Waals surface area (Å²) in [5, 5.41) is 2.99. The fourth-order valence-electron chi connectivity index (χ4n) is 2.78. The van der Waals surface area contributed by atoms with Crippen molar-refractivity contribution < 1.29 is 27.8 Å². The van der Waals surface area contributed by atoms with Gasteiger partial charge in [0.2, 0.25) is 0 Å². The van der Waals surface area contributed by atoms with Gasteiger partial charge in [-0.1, -0.05) is 26.0 Å². The molecule has 0 aliphatic carbocycles. The molecule has 2 rings (SSSR count). The normalized spacial score (nSPS) is 12.0. The Kier molecular flexibility index (Phi) is 7.61. The molecule has 0 bridgehead atoms. The van der Waals surface area contributed by atoms with E-state index in [0.717, 1.165) is 11.3 Å². The molecule has 0 aliphatic rings. The monoisotopic (exact) mass is 393 g/mol. The van der Waals surface area contributed by atoms with Crippen LogP contribution in [0.25, 0.3) is 0 Å². The lowest BCUT2D eigenvalue weighted by Crippen LogP contribution is -2.31. The number of ether oxygens (including phenoxy) is 3. The number of carbonyl (C=O) groups is 1. The smallest absolute Gasteiger partial charge is 0.387 e. The van der Waals surface area contributed by atoms with Crippen molar-refractivity contribution in [1.82, 2.24) is 5.32 Å². The van der Waals surface area contributed by atoms with Crippen LogP contribution in [0.4, 0.5) is 8.78 Å². The molecule has 0 saturated carbocycles. The Bertz CT molecular complexity index is 778. The molecule has 0 saturated heterocycles. The number of amides is 1. The average Bonchev–Trinajstić information content (AvgIpc) is 2.67. The third kappa shape index (κ3) is 5.58. The summed E-state index contributed by atoms with van der Waals surface area (Å²) in [5.74, 6) is 0.516. The summed E-state index contributed by atoms with van der Waals surface area (Å²) in [6.07, 6.45) is 0. The van der Waals surface area contributed by atoms with Gasteiger partial charge < -0.3 is 19.5 Å². The van der Waals surface area contributed by atoms with E-state index in [0.29, 0.717) is 5.56 Å². The van der Waals surface area contributed by atoms with Gasteiger partial charge in [0.15, 0.2) is 11.5 Å². The van der Waals surface area contributed by atoms with Crippen molar-refractivity contribution in [3.63, 3.8) is 0 Å². The summed E-state index contributed by atoms with van der Waals surface area (Å²) in [6.45, 7) is 3.00. The zero-order valence-corrected chi connectivity index (χ0v) is 16.4. The number of rotatable bonds is 9. The average molecular weight is 393 g/mol. The summed E-state index contributed by atoms with van der Waals surface area (Å²) < 4.78 is 40.0. The van der Waals surface area contributed by atoms with E-state index < -0.39 is 6.61 Å². The molecule has 7 heteroatoms. The number of nitrogens with one attached hydrogen (secondary N) is 1.